The van der Waals surface area contributed by atoms with E-state index < -0.39 is 0 Å². The van der Waals surface area contributed by atoms with Crippen LogP contribution in [0.4, 0.5) is 0 Å². The molecular weight excluding hydrogens is 212 g/mol. The van der Waals surface area contributed by atoms with Crippen LogP contribution in [-0.4, -0.2) is 42.1 Å². The number of hydrogen-bond acceptors (Lipinski definition) is 3. The Bertz CT molecular complexity index is 328. The van der Waals surface area contributed by atoms with Crippen LogP contribution < -0.4 is 5.32 Å². The van der Waals surface area contributed by atoms with Gasteiger partial charge in [0.1, 0.15) is 0 Å². The third-order valence-corrected chi connectivity index (χ3v) is 3.23. The molecule has 17 heavy (non-hydrogen) atoms. The van der Waals surface area contributed by atoms with Gasteiger partial charge < -0.3 is 14.8 Å². The molecule has 0 radical (unpaired) electrons. The van der Waals surface area contributed by atoms with E-state index in [4.69, 9.17) is 0 Å². The van der Waals surface area contributed by atoms with Crippen LogP contribution in [0, 0.1) is 0 Å². The van der Waals surface area contributed by atoms with Crippen LogP contribution in [-0.2, 0) is 12.1 Å². The quantitative estimate of drug-likeness (QED) is 0.734. The Morgan fingerprint density at radius 2 is 2.06 bits per heavy atom. The van der Waals surface area contributed by atoms with Crippen molar-refractivity contribution in [1.29, 1.82) is 0 Å². The largest absolute Gasteiger partial charge is 0.333 e. The molecule has 0 amide bonds. The van der Waals surface area contributed by atoms with Gasteiger partial charge in [0, 0.05) is 12.7 Å². The zero-order valence-electron chi connectivity index (χ0n) is 11.8. The normalized spacial score (nSPS) is 12.4. The average Bonchev–Trinajstić information content (AvgIpc) is 2.73. The van der Waals surface area contributed by atoms with E-state index in [1.54, 1.807) is 0 Å². The number of unbranched alkanes of at least 4 members (excludes halogenated alkanes) is 1. The summed E-state index contributed by atoms with van der Waals surface area (Å²) in [6.45, 7) is 6.56. The summed E-state index contributed by atoms with van der Waals surface area (Å²) in [5.74, 6) is 0. The third-order valence-electron chi connectivity index (χ3n) is 3.23. The van der Waals surface area contributed by atoms with E-state index in [-0.39, 0.29) is 5.54 Å². The predicted octanol–water partition coefficient (Wildman–Crippen LogP) is 1.68. The highest BCUT2D eigenvalue weighted by Gasteiger charge is 2.21. The van der Waals surface area contributed by atoms with Crippen LogP contribution in [0.25, 0.3) is 0 Å². The zero-order chi connectivity index (χ0) is 12.9. The van der Waals surface area contributed by atoms with Crippen molar-refractivity contribution in [1.82, 2.24) is 19.8 Å². The van der Waals surface area contributed by atoms with Gasteiger partial charge >= 0.3 is 0 Å². The molecule has 4 heteroatoms. The molecule has 0 atom stereocenters. The minimum Gasteiger partial charge on any atom is -0.333 e. The van der Waals surface area contributed by atoms with Crippen molar-refractivity contribution in [3.63, 3.8) is 0 Å². The first-order valence-corrected chi connectivity index (χ1v) is 6.31. The van der Waals surface area contributed by atoms with Crippen LogP contribution in [0.3, 0.4) is 0 Å². The highest BCUT2D eigenvalue weighted by molar-refractivity contribution is 5.10. The summed E-state index contributed by atoms with van der Waals surface area (Å²) in [6, 6.07) is 0. The number of nitrogens with one attached hydrogen (secondary N) is 1. The van der Waals surface area contributed by atoms with E-state index in [0.717, 1.165) is 13.1 Å². The molecule has 0 unspecified atom stereocenters. The second kappa shape index (κ2) is 6.17. The maximum absolute atomic E-state index is 4.26. The van der Waals surface area contributed by atoms with Crippen molar-refractivity contribution in [3.05, 3.63) is 18.2 Å². The summed E-state index contributed by atoms with van der Waals surface area (Å²) in [4.78, 5) is 6.49. The first-order chi connectivity index (χ1) is 7.97. The van der Waals surface area contributed by atoms with Gasteiger partial charge in [-0.3, -0.25) is 0 Å². The fourth-order valence-corrected chi connectivity index (χ4v) is 1.86. The zero-order valence-corrected chi connectivity index (χ0v) is 11.8. The lowest BCUT2D eigenvalue weighted by Gasteiger charge is -2.25. The molecule has 0 fully saturated rings. The number of imidazole rings is 1. The molecular formula is C13H26N4. The number of nitrogens with zero attached hydrogens (tertiary/aromatic N) is 3. The molecule has 0 aliphatic carbocycles. The molecule has 0 spiro atoms. The number of hydrogen-bond donors (Lipinski definition) is 1. The molecule has 1 aromatic rings. The molecule has 4 nitrogen and oxygen atoms in total. The fourth-order valence-electron chi connectivity index (χ4n) is 1.86. The molecule has 1 aromatic heterocycles. The SMILES string of the molecule is CNC(C)(C)c1cncn1CCCCN(C)C. The van der Waals surface area contributed by atoms with Gasteiger partial charge in [-0.1, -0.05) is 0 Å². The Morgan fingerprint density at radius 3 is 2.65 bits per heavy atom. The topological polar surface area (TPSA) is 33.1 Å². The van der Waals surface area contributed by atoms with E-state index in [0.29, 0.717) is 0 Å². The molecule has 0 bridgehead atoms. The molecule has 1 rings (SSSR count). The smallest absolute Gasteiger partial charge is 0.0948 e. The van der Waals surface area contributed by atoms with E-state index in [2.05, 4.69) is 47.7 Å². The number of aromatic nitrogens is 2. The Balaban J connectivity index is 2.52. The lowest BCUT2D eigenvalue weighted by atomic mass is 10.0. The summed E-state index contributed by atoms with van der Waals surface area (Å²) in [5.41, 5.74) is 1.24. The summed E-state index contributed by atoms with van der Waals surface area (Å²) < 4.78 is 2.26. The molecule has 0 aliphatic heterocycles. The van der Waals surface area contributed by atoms with E-state index in [1.807, 2.05) is 19.6 Å². The summed E-state index contributed by atoms with van der Waals surface area (Å²) in [6.07, 6.45) is 6.32. The first kappa shape index (κ1) is 14.2. The van der Waals surface area contributed by atoms with Crippen LogP contribution in [0.2, 0.25) is 0 Å². The fraction of sp³-hybridized carbons (Fsp3) is 0.769. The number of aryl methyl sites for hydroxylation is 1. The molecule has 0 saturated heterocycles. The molecule has 98 valence electrons. The maximum atomic E-state index is 4.26. The van der Waals surface area contributed by atoms with Crippen molar-refractivity contribution < 1.29 is 0 Å². The van der Waals surface area contributed by atoms with Crippen molar-refractivity contribution >= 4 is 0 Å². The minimum atomic E-state index is -0.0158. The standard InChI is InChI=1S/C13H26N4/c1-13(2,14-3)12-10-15-11-17(12)9-7-6-8-16(4)5/h10-11,14H,6-9H2,1-5H3. The van der Waals surface area contributed by atoms with Gasteiger partial charge in [0.25, 0.3) is 0 Å². The second-order valence-corrected chi connectivity index (χ2v) is 5.36. The highest BCUT2D eigenvalue weighted by Crippen LogP contribution is 2.19. The van der Waals surface area contributed by atoms with Crippen LogP contribution >= 0.6 is 0 Å². The minimum absolute atomic E-state index is 0.0158. The van der Waals surface area contributed by atoms with Gasteiger partial charge in [-0.05, 0) is 54.4 Å². The molecule has 1 heterocycles. The summed E-state index contributed by atoms with van der Waals surface area (Å²) >= 11 is 0. The summed E-state index contributed by atoms with van der Waals surface area (Å²) in [7, 11) is 6.23. The monoisotopic (exact) mass is 238 g/mol. The van der Waals surface area contributed by atoms with Crippen LogP contribution in [0.1, 0.15) is 32.4 Å². The molecule has 0 aromatic carbocycles. The lowest BCUT2D eigenvalue weighted by Crippen LogP contribution is -2.35. The van der Waals surface area contributed by atoms with Crippen molar-refractivity contribution in [2.75, 3.05) is 27.7 Å². The summed E-state index contributed by atoms with van der Waals surface area (Å²) in [5, 5.41) is 3.32. The molecule has 1 N–H and O–H groups in total. The van der Waals surface area contributed by atoms with Gasteiger partial charge in [-0.2, -0.15) is 0 Å². The van der Waals surface area contributed by atoms with Crippen LogP contribution in [0.15, 0.2) is 12.5 Å². The molecule has 0 saturated carbocycles. The Kier molecular flexibility index (Phi) is 5.15. The molecule has 0 aliphatic rings. The Morgan fingerprint density at radius 1 is 1.35 bits per heavy atom. The number of rotatable bonds is 7. The van der Waals surface area contributed by atoms with Gasteiger partial charge in [-0.25, -0.2) is 4.98 Å². The third kappa shape index (κ3) is 4.13. The Hall–Kier alpha value is -0.870. The van der Waals surface area contributed by atoms with Crippen LogP contribution in [0.5, 0.6) is 0 Å². The average molecular weight is 238 g/mol. The second-order valence-electron chi connectivity index (χ2n) is 5.36. The van der Waals surface area contributed by atoms with Gasteiger partial charge in [-0.15, -0.1) is 0 Å². The van der Waals surface area contributed by atoms with Gasteiger partial charge in [0.15, 0.2) is 0 Å². The Labute approximate surface area is 105 Å². The van der Waals surface area contributed by atoms with E-state index in [9.17, 15) is 0 Å². The van der Waals surface area contributed by atoms with Crippen molar-refractivity contribution in [2.24, 2.45) is 0 Å². The van der Waals surface area contributed by atoms with Crippen molar-refractivity contribution in [2.45, 2.75) is 38.8 Å². The maximum Gasteiger partial charge on any atom is 0.0948 e. The van der Waals surface area contributed by atoms with Gasteiger partial charge in [0.05, 0.1) is 17.6 Å². The van der Waals surface area contributed by atoms with Gasteiger partial charge in [0.2, 0.25) is 0 Å². The highest BCUT2D eigenvalue weighted by atomic mass is 15.1. The van der Waals surface area contributed by atoms with Crippen molar-refractivity contribution in [3.8, 4) is 0 Å². The van der Waals surface area contributed by atoms with E-state index in [1.165, 1.54) is 18.5 Å². The van der Waals surface area contributed by atoms with E-state index >= 15 is 0 Å². The lowest BCUT2D eigenvalue weighted by molar-refractivity contribution is 0.376. The first-order valence-electron chi connectivity index (χ1n) is 6.31. The predicted molar refractivity (Wildman–Crippen MR) is 72.1 cm³/mol.